The number of fused-ring (bicyclic) bond motifs is 1. The fraction of sp³-hybridized carbons (Fsp3) is 0.273. The first kappa shape index (κ1) is 11.0. The summed E-state index contributed by atoms with van der Waals surface area (Å²) in [4.78, 5) is 24.6. The largest absolute Gasteiger partial charge is 0.330 e. The second kappa shape index (κ2) is 3.83. The van der Waals surface area contributed by atoms with Crippen LogP contribution in [-0.4, -0.2) is 15.4 Å². The van der Waals surface area contributed by atoms with Gasteiger partial charge in [-0.05, 0) is 24.5 Å². The van der Waals surface area contributed by atoms with Crippen LogP contribution in [0.1, 0.15) is 0 Å². The standard InChI is InChI=1S/C11H12N2O2S/c1-12-9-6-7(16-3)4-5-8(9)10(14)13(2)11(12)15/h4-6H,1-3H3. The molecule has 0 amide bonds. The minimum absolute atomic E-state index is 0.245. The monoisotopic (exact) mass is 236 g/mol. The summed E-state index contributed by atoms with van der Waals surface area (Å²) in [5.74, 6) is 0. The van der Waals surface area contributed by atoms with Gasteiger partial charge in [-0.15, -0.1) is 11.8 Å². The van der Waals surface area contributed by atoms with Crippen LogP contribution in [-0.2, 0) is 14.1 Å². The topological polar surface area (TPSA) is 44.0 Å². The normalized spacial score (nSPS) is 10.9. The zero-order valence-corrected chi connectivity index (χ0v) is 10.2. The van der Waals surface area contributed by atoms with Crippen LogP contribution in [0.15, 0.2) is 32.7 Å². The molecule has 0 N–H and O–H groups in total. The van der Waals surface area contributed by atoms with Crippen LogP contribution in [0, 0.1) is 0 Å². The maximum atomic E-state index is 11.8. The molecule has 0 aliphatic heterocycles. The third-order valence-electron chi connectivity index (χ3n) is 2.68. The Labute approximate surface area is 96.5 Å². The van der Waals surface area contributed by atoms with Crippen LogP contribution in [0.5, 0.6) is 0 Å². The molecule has 0 atom stereocenters. The Morgan fingerprint density at radius 1 is 1.12 bits per heavy atom. The average Bonchev–Trinajstić information content (AvgIpc) is 2.33. The summed E-state index contributed by atoms with van der Waals surface area (Å²) in [5, 5.41) is 0.572. The minimum Gasteiger partial charge on any atom is -0.296 e. The van der Waals surface area contributed by atoms with E-state index in [-0.39, 0.29) is 11.2 Å². The van der Waals surface area contributed by atoms with Crippen molar-refractivity contribution in [1.82, 2.24) is 9.13 Å². The Hall–Kier alpha value is -1.49. The van der Waals surface area contributed by atoms with Gasteiger partial charge in [0.25, 0.3) is 5.56 Å². The number of thioether (sulfide) groups is 1. The molecule has 1 aromatic heterocycles. The Kier molecular flexibility index (Phi) is 2.63. The van der Waals surface area contributed by atoms with E-state index in [4.69, 9.17) is 0 Å². The molecule has 2 aromatic rings. The lowest BCUT2D eigenvalue weighted by molar-refractivity contribution is 0.713. The number of rotatable bonds is 1. The van der Waals surface area contributed by atoms with Crippen LogP contribution in [0.2, 0.25) is 0 Å². The molecule has 0 aliphatic rings. The van der Waals surface area contributed by atoms with Gasteiger partial charge in [0.05, 0.1) is 10.9 Å². The summed E-state index contributed by atoms with van der Waals surface area (Å²) in [6, 6.07) is 5.52. The van der Waals surface area contributed by atoms with Crippen LogP contribution in [0.3, 0.4) is 0 Å². The van der Waals surface area contributed by atoms with E-state index in [9.17, 15) is 9.59 Å². The van der Waals surface area contributed by atoms with Gasteiger partial charge in [0.1, 0.15) is 0 Å². The van der Waals surface area contributed by atoms with E-state index >= 15 is 0 Å². The second-order valence-corrected chi connectivity index (χ2v) is 4.47. The molecule has 0 bridgehead atoms. The zero-order chi connectivity index (χ0) is 11.9. The summed E-state index contributed by atoms with van der Waals surface area (Å²) in [6.07, 6.45) is 1.96. The highest BCUT2D eigenvalue weighted by Crippen LogP contribution is 2.18. The lowest BCUT2D eigenvalue weighted by atomic mass is 10.2. The Balaban J connectivity index is 3.03. The van der Waals surface area contributed by atoms with Gasteiger partial charge in [0.2, 0.25) is 0 Å². The van der Waals surface area contributed by atoms with E-state index in [1.54, 1.807) is 24.9 Å². The van der Waals surface area contributed by atoms with Crippen LogP contribution < -0.4 is 11.2 Å². The molecule has 84 valence electrons. The third-order valence-corrected chi connectivity index (χ3v) is 3.40. The number of hydrogen-bond donors (Lipinski definition) is 0. The molecule has 0 saturated heterocycles. The van der Waals surface area contributed by atoms with E-state index in [1.807, 2.05) is 18.4 Å². The first-order valence-corrected chi connectivity index (χ1v) is 6.02. The first-order chi connectivity index (χ1) is 7.56. The maximum absolute atomic E-state index is 11.8. The molecule has 2 rings (SSSR count). The summed E-state index contributed by atoms with van der Waals surface area (Å²) in [7, 11) is 3.17. The number of nitrogens with zero attached hydrogens (tertiary/aromatic N) is 2. The quantitative estimate of drug-likeness (QED) is 0.693. The zero-order valence-electron chi connectivity index (χ0n) is 9.35. The van der Waals surface area contributed by atoms with Crippen molar-refractivity contribution < 1.29 is 0 Å². The highest BCUT2D eigenvalue weighted by Gasteiger charge is 2.08. The second-order valence-electron chi connectivity index (χ2n) is 3.59. The molecule has 16 heavy (non-hydrogen) atoms. The molecule has 1 aromatic carbocycles. The maximum Gasteiger partial charge on any atom is 0.330 e. The van der Waals surface area contributed by atoms with E-state index < -0.39 is 0 Å². The lowest BCUT2D eigenvalue weighted by Crippen LogP contribution is -2.36. The van der Waals surface area contributed by atoms with Gasteiger partial charge in [-0.1, -0.05) is 0 Å². The number of benzene rings is 1. The molecule has 0 aliphatic carbocycles. The third kappa shape index (κ3) is 1.48. The Morgan fingerprint density at radius 2 is 1.81 bits per heavy atom. The molecule has 5 heteroatoms. The smallest absolute Gasteiger partial charge is 0.296 e. The summed E-state index contributed by atoms with van der Waals surface area (Å²) in [6.45, 7) is 0. The Morgan fingerprint density at radius 3 is 2.44 bits per heavy atom. The summed E-state index contributed by atoms with van der Waals surface area (Å²) in [5.41, 5.74) is 0.140. The number of hydrogen-bond acceptors (Lipinski definition) is 3. The van der Waals surface area contributed by atoms with Crippen molar-refractivity contribution in [2.75, 3.05) is 6.26 Å². The molecular formula is C11H12N2O2S. The molecular weight excluding hydrogens is 224 g/mol. The van der Waals surface area contributed by atoms with Gasteiger partial charge in [0.15, 0.2) is 0 Å². The van der Waals surface area contributed by atoms with Gasteiger partial charge in [-0.3, -0.25) is 13.9 Å². The molecule has 0 radical (unpaired) electrons. The van der Waals surface area contributed by atoms with Crippen molar-refractivity contribution in [3.05, 3.63) is 39.0 Å². The van der Waals surface area contributed by atoms with Crippen LogP contribution in [0.4, 0.5) is 0 Å². The lowest BCUT2D eigenvalue weighted by Gasteiger charge is -2.07. The predicted molar refractivity (Wildman–Crippen MR) is 66.2 cm³/mol. The van der Waals surface area contributed by atoms with Crippen molar-refractivity contribution in [2.24, 2.45) is 14.1 Å². The molecule has 0 unspecified atom stereocenters. The van der Waals surface area contributed by atoms with Gasteiger partial charge >= 0.3 is 5.69 Å². The van der Waals surface area contributed by atoms with E-state index in [2.05, 4.69) is 0 Å². The van der Waals surface area contributed by atoms with Gasteiger partial charge in [-0.2, -0.15) is 0 Å². The van der Waals surface area contributed by atoms with Crippen molar-refractivity contribution in [1.29, 1.82) is 0 Å². The molecule has 0 spiro atoms. The average molecular weight is 236 g/mol. The Bertz CT molecular complexity index is 670. The molecule has 0 saturated carbocycles. The fourth-order valence-corrected chi connectivity index (χ4v) is 2.13. The van der Waals surface area contributed by atoms with E-state index in [0.717, 1.165) is 9.46 Å². The van der Waals surface area contributed by atoms with Gasteiger partial charge < -0.3 is 0 Å². The summed E-state index contributed by atoms with van der Waals surface area (Å²) < 4.78 is 2.62. The predicted octanol–water partition coefficient (Wildman–Crippen LogP) is 0.959. The highest BCUT2D eigenvalue weighted by molar-refractivity contribution is 7.98. The molecule has 4 nitrogen and oxygen atoms in total. The van der Waals surface area contributed by atoms with Crippen molar-refractivity contribution >= 4 is 22.7 Å². The number of aryl methyl sites for hydroxylation is 1. The summed E-state index contributed by atoms with van der Waals surface area (Å²) >= 11 is 1.58. The van der Waals surface area contributed by atoms with Crippen LogP contribution >= 0.6 is 11.8 Å². The van der Waals surface area contributed by atoms with Crippen molar-refractivity contribution in [2.45, 2.75) is 4.90 Å². The fourth-order valence-electron chi connectivity index (χ4n) is 1.69. The van der Waals surface area contributed by atoms with E-state index in [1.165, 1.54) is 11.6 Å². The van der Waals surface area contributed by atoms with Gasteiger partial charge in [0, 0.05) is 19.0 Å². The highest BCUT2D eigenvalue weighted by atomic mass is 32.2. The first-order valence-electron chi connectivity index (χ1n) is 4.80. The van der Waals surface area contributed by atoms with Crippen molar-refractivity contribution in [3.8, 4) is 0 Å². The minimum atomic E-state index is -0.296. The van der Waals surface area contributed by atoms with E-state index in [0.29, 0.717) is 10.9 Å². The van der Waals surface area contributed by atoms with Crippen LogP contribution in [0.25, 0.3) is 10.9 Å². The van der Waals surface area contributed by atoms with Gasteiger partial charge in [-0.25, -0.2) is 4.79 Å². The number of aromatic nitrogens is 2. The van der Waals surface area contributed by atoms with Crippen molar-refractivity contribution in [3.63, 3.8) is 0 Å². The SMILES string of the molecule is CSc1ccc2c(=O)n(C)c(=O)n(C)c2c1. The molecule has 1 heterocycles. The molecule has 0 fully saturated rings.